The molecule has 10 heteroatoms. The van der Waals surface area contributed by atoms with Gasteiger partial charge >= 0.3 is 6.18 Å². The van der Waals surface area contributed by atoms with E-state index < -0.39 is 23.6 Å². The van der Waals surface area contributed by atoms with E-state index in [1.807, 2.05) is 5.32 Å². The Morgan fingerprint density at radius 3 is 2.14 bits per heavy atom. The van der Waals surface area contributed by atoms with Crippen LogP contribution < -0.4 is 16.0 Å². The van der Waals surface area contributed by atoms with Crippen molar-refractivity contribution >= 4 is 42.4 Å². The minimum absolute atomic E-state index is 0. The Labute approximate surface area is 132 Å². The first kappa shape index (κ1) is 21.6. The maximum atomic E-state index is 12.7. The van der Waals surface area contributed by atoms with Crippen molar-refractivity contribution in [3.8, 4) is 0 Å². The van der Waals surface area contributed by atoms with Crippen molar-refractivity contribution in [1.82, 2.24) is 5.32 Å². The molecule has 0 spiro atoms. The summed E-state index contributed by atoms with van der Waals surface area (Å²) in [7, 11) is 3.12. The summed E-state index contributed by atoms with van der Waals surface area (Å²) in [6, 6.07) is 2.93. The molecule has 5 nitrogen and oxygen atoms in total. The number of nitrogens with two attached hydrogens (primary N) is 1. The molecule has 0 bridgehead atoms. The zero-order valence-corrected chi connectivity index (χ0v) is 12.7. The first-order chi connectivity index (χ1) is 8.61. The monoisotopic (exact) mass is 346 g/mol. The van der Waals surface area contributed by atoms with Gasteiger partial charge in [-0.3, -0.25) is 15.5 Å². The molecule has 0 saturated carbocycles. The summed E-state index contributed by atoms with van der Waals surface area (Å²) >= 11 is 0. The fourth-order valence-corrected chi connectivity index (χ4v) is 1.36. The molecule has 1 amide bonds. The molecule has 120 valence electrons. The summed E-state index contributed by atoms with van der Waals surface area (Å²) in [6.07, 6.45) is -4.56. The second kappa shape index (κ2) is 7.94. The van der Waals surface area contributed by atoms with Gasteiger partial charge in [-0.2, -0.15) is 13.2 Å². The van der Waals surface area contributed by atoms with Crippen molar-refractivity contribution in [1.29, 1.82) is 5.41 Å². The van der Waals surface area contributed by atoms with Gasteiger partial charge in [-0.05, 0) is 18.2 Å². The molecule has 0 saturated heterocycles. The van der Waals surface area contributed by atoms with Gasteiger partial charge in [-0.1, -0.05) is 0 Å². The molecule has 0 aromatic heterocycles. The Morgan fingerprint density at radius 1 is 1.24 bits per heavy atom. The third-order valence-corrected chi connectivity index (χ3v) is 2.27. The number of anilines is 1. The third-order valence-electron chi connectivity index (χ3n) is 2.27. The van der Waals surface area contributed by atoms with E-state index in [2.05, 4.69) is 0 Å². The molecule has 0 unspecified atom stereocenters. The van der Waals surface area contributed by atoms with Crippen LogP contribution in [-0.4, -0.2) is 26.0 Å². The predicted molar refractivity (Wildman–Crippen MR) is 79.6 cm³/mol. The molecule has 0 aliphatic carbocycles. The molecule has 0 aliphatic rings. The molecule has 0 radical (unpaired) electrons. The van der Waals surface area contributed by atoms with Crippen LogP contribution in [0, 0.1) is 5.41 Å². The highest BCUT2D eigenvalue weighted by Gasteiger charge is 2.32. The van der Waals surface area contributed by atoms with Gasteiger partial charge in [-0.25, -0.2) is 0 Å². The van der Waals surface area contributed by atoms with Crippen LogP contribution >= 0.6 is 24.8 Å². The van der Waals surface area contributed by atoms with Crippen LogP contribution in [0.4, 0.5) is 18.9 Å². The molecule has 21 heavy (non-hydrogen) atoms. The maximum absolute atomic E-state index is 12.7. The van der Waals surface area contributed by atoms with E-state index >= 15 is 0 Å². The standard InChI is InChI=1S/C11H13F3N4O.2ClH/c1-18(2)8-4-6(9(19)17-10(15)16)3-7(5-8)11(12,13)14;;/h3-5H,1-2H3,(H4,15,16,17,19);2*1H. The van der Waals surface area contributed by atoms with Gasteiger partial charge in [0.05, 0.1) is 5.56 Å². The quantitative estimate of drug-likeness (QED) is 0.567. The fraction of sp³-hybridized carbons (Fsp3) is 0.273. The molecule has 1 aromatic rings. The smallest absolute Gasteiger partial charge is 0.378 e. The highest BCUT2D eigenvalue weighted by molar-refractivity contribution is 6.05. The molecular formula is C11H15Cl2F3N4O. The third kappa shape index (κ3) is 6.09. The lowest BCUT2D eigenvalue weighted by atomic mass is 10.1. The number of halogens is 5. The highest BCUT2D eigenvalue weighted by atomic mass is 35.5. The molecule has 0 atom stereocenters. The zero-order valence-electron chi connectivity index (χ0n) is 11.1. The lowest BCUT2D eigenvalue weighted by Gasteiger charge is -2.17. The van der Waals surface area contributed by atoms with E-state index in [-0.39, 0.29) is 36.1 Å². The first-order valence-electron chi connectivity index (χ1n) is 5.16. The number of guanidine groups is 1. The average Bonchev–Trinajstić information content (AvgIpc) is 2.26. The molecule has 0 heterocycles. The molecule has 0 aliphatic heterocycles. The number of amides is 1. The minimum Gasteiger partial charge on any atom is -0.378 e. The highest BCUT2D eigenvalue weighted by Crippen LogP contribution is 2.32. The van der Waals surface area contributed by atoms with Crippen molar-refractivity contribution < 1.29 is 18.0 Å². The number of carbonyl (C=O) groups is 1. The van der Waals surface area contributed by atoms with Crippen molar-refractivity contribution in [3.05, 3.63) is 29.3 Å². The SMILES string of the molecule is CN(C)c1cc(C(=O)NC(=N)N)cc(C(F)(F)F)c1.Cl.Cl. The van der Waals surface area contributed by atoms with Gasteiger partial charge in [0, 0.05) is 25.3 Å². The van der Waals surface area contributed by atoms with E-state index in [0.29, 0.717) is 6.07 Å². The Morgan fingerprint density at radius 2 is 1.76 bits per heavy atom. The van der Waals surface area contributed by atoms with Crippen LogP contribution in [0.25, 0.3) is 0 Å². The predicted octanol–water partition coefficient (Wildman–Crippen LogP) is 2.24. The van der Waals surface area contributed by atoms with E-state index in [1.165, 1.54) is 11.0 Å². The second-order valence-electron chi connectivity index (χ2n) is 4.03. The number of hydrogen-bond acceptors (Lipinski definition) is 3. The summed E-state index contributed by atoms with van der Waals surface area (Å²) in [5.74, 6) is -1.49. The first-order valence-corrected chi connectivity index (χ1v) is 5.16. The van der Waals surface area contributed by atoms with Crippen LogP contribution in [0.5, 0.6) is 0 Å². The van der Waals surface area contributed by atoms with Gasteiger partial charge in [-0.15, -0.1) is 24.8 Å². The average molecular weight is 347 g/mol. The van der Waals surface area contributed by atoms with Crippen molar-refractivity contribution in [2.45, 2.75) is 6.18 Å². The van der Waals surface area contributed by atoms with E-state index in [9.17, 15) is 18.0 Å². The lowest BCUT2D eigenvalue weighted by molar-refractivity contribution is -0.137. The van der Waals surface area contributed by atoms with Gasteiger partial charge in [0.1, 0.15) is 0 Å². The second-order valence-corrected chi connectivity index (χ2v) is 4.03. The van der Waals surface area contributed by atoms with E-state index in [0.717, 1.165) is 6.07 Å². The van der Waals surface area contributed by atoms with Crippen molar-refractivity contribution in [2.24, 2.45) is 5.73 Å². The number of hydrogen-bond donors (Lipinski definition) is 3. The number of benzene rings is 1. The summed E-state index contributed by atoms with van der Waals surface area (Å²) in [5.41, 5.74) is 4.04. The normalized spacial score (nSPS) is 9.95. The summed E-state index contributed by atoms with van der Waals surface area (Å²) in [5, 5.41) is 8.84. The largest absolute Gasteiger partial charge is 0.416 e. The molecular weight excluding hydrogens is 332 g/mol. The minimum atomic E-state index is -4.56. The Kier molecular flexibility index (Phi) is 8.18. The van der Waals surface area contributed by atoms with Crippen molar-refractivity contribution in [3.63, 3.8) is 0 Å². The van der Waals surface area contributed by atoms with Crippen LogP contribution in [0.1, 0.15) is 15.9 Å². The number of rotatable bonds is 2. The number of carbonyl (C=O) groups excluding carboxylic acids is 1. The lowest BCUT2D eigenvalue weighted by Crippen LogP contribution is -2.35. The van der Waals surface area contributed by atoms with E-state index in [4.69, 9.17) is 11.1 Å². The topological polar surface area (TPSA) is 82.2 Å². The summed E-state index contributed by atoms with van der Waals surface area (Å²) in [6.45, 7) is 0. The summed E-state index contributed by atoms with van der Waals surface area (Å²) < 4.78 is 38.2. The van der Waals surface area contributed by atoms with E-state index in [1.54, 1.807) is 14.1 Å². The van der Waals surface area contributed by atoms with Crippen LogP contribution in [0.2, 0.25) is 0 Å². The Bertz CT molecular complexity index is 521. The Balaban J connectivity index is 0. The number of alkyl halides is 3. The Hall–Kier alpha value is -1.67. The molecule has 1 rings (SSSR count). The van der Waals surface area contributed by atoms with Gasteiger partial charge in [0.2, 0.25) is 0 Å². The van der Waals surface area contributed by atoms with Crippen LogP contribution in [-0.2, 0) is 6.18 Å². The van der Waals surface area contributed by atoms with Crippen molar-refractivity contribution in [2.75, 3.05) is 19.0 Å². The number of nitrogens with zero attached hydrogens (tertiary/aromatic N) is 1. The van der Waals surface area contributed by atoms with Gasteiger partial charge < -0.3 is 10.6 Å². The maximum Gasteiger partial charge on any atom is 0.416 e. The number of nitrogens with one attached hydrogen (secondary N) is 2. The summed E-state index contributed by atoms with van der Waals surface area (Å²) in [4.78, 5) is 13.0. The molecule has 4 N–H and O–H groups in total. The van der Waals surface area contributed by atoms with Crippen LogP contribution in [0.3, 0.4) is 0 Å². The zero-order chi connectivity index (χ0) is 14.8. The molecule has 0 fully saturated rings. The molecule has 1 aromatic carbocycles. The van der Waals surface area contributed by atoms with Gasteiger partial charge in [0.25, 0.3) is 5.91 Å². The van der Waals surface area contributed by atoms with Crippen LogP contribution in [0.15, 0.2) is 18.2 Å². The fourth-order valence-electron chi connectivity index (χ4n) is 1.36. The van der Waals surface area contributed by atoms with Gasteiger partial charge in [0.15, 0.2) is 5.96 Å².